The summed E-state index contributed by atoms with van der Waals surface area (Å²) in [6.45, 7) is 9.47. The van der Waals surface area contributed by atoms with Crippen molar-refractivity contribution in [2.24, 2.45) is 17.8 Å². The molecular weight excluding hydrogens is 268 g/mol. The van der Waals surface area contributed by atoms with Crippen molar-refractivity contribution in [1.82, 2.24) is 0 Å². The lowest BCUT2D eigenvalue weighted by Gasteiger charge is -2.34. The largest absolute Gasteiger partial charge is 0.459 e. The molecule has 0 N–H and O–H groups in total. The van der Waals surface area contributed by atoms with Crippen LogP contribution >= 0.6 is 0 Å². The van der Waals surface area contributed by atoms with Crippen LogP contribution in [0.2, 0.25) is 0 Å². The van der Waals surface area contributed by atoms with Gasteiger partial charge in [0.15, 0.2) is 0 Å². The molecule has 3 aliphatic rings. The molecule has 5 atom stereocenters. The molecule has 114 valence electrons. The minimum Gasteiger partial charge on any atom is -0.459 e. The highest BCUT2D eigenvalue weighted by molar-refractivity contribution is 5.91. The molecule has 3 rings (SSSR count). The molecule has 1 saturated heterocycles. The number of hydrogen-bond acceptors (Lipinski definition) is 4. The molecule has 0 amide bonds. The van der Waals surface area contributed by atoms with E-state index in [1.807, 2.05) is 6.92 Å². The van der Waals surface area contributed by atoms with E-state index >= 15 is 0 Å². The number of ether oxygens (including phenoxy) is 2. The predicted octanol–water partition coefficient (Wildman–Crippen LogP) is 2.78. The summed E-state index contributed by atoms with van der Waals surface area (Å²) in [5.41, 5.74) is 1.35. The van der Waals surface area contributed by atoms with Gasteiger partial charge in [0.2, 0.25) is 0 Å². The third-order valence-corrected chi connectivity index (χ3v) is 5.47. The van der Waals surface area contributed by atoms with Crippen LogP contribution in [-0.4, -0.2) is 23.6 Å². The van der Waals surface area contributed by atoms with Gasteiger partial charge in [0.05, 0.1) is 0 Å². The Balaban J connectivity index is 1.95. The first-order valence-corrected chi connectivity index (χ1v) is 7.59. The maximum absolute atomic E-state index is 11.8. The van der Waals surface area contributed by atoms with E-state index in [0.717, 1.165) is 19.3 Å². The monoisotopic (exact) mass is 290 g/mol. The van der Waals surface area contributed by atoms with Crippen LogP contribution in [0.15, 0.2) is 23.8 Å². The lowest BCUT2D eigenvalue weighted by molar-refractivity contribution is -0.160. The molecule has 21 heavy (non-hydrogen) atoms. The lowest BCUT2D eigenvalue weighted by Crippen LogP contribution is -2.38. The van der Waals surface area contributed by atoms with Gasteiger partial charge in [-0.15, -0.1) is 0 Å². The lowest BCUT2D eigenvalue weighted by atomic mass is 9.78. The van der Waals surface area contributed by atoms with Crippen LogP contribution in [0.1, 0.15) is 40.0 Å². The van der Waals surface area contributed by atoms with Gasteiger partial charge >= 0.3 is 11.9 Å². The van der Waals surface area contributed by atoms with Crippen LogP contribution in [0, 0.1) is 17.8 Å². The van der Waals surface area contributed by atoms with E-state index in [-0.39, 0.29) is 29.9 Å². The molecule has 4 heteroatoms. The Morgan fingerprint density at radius 2 is 2.19 bits per heavy atom. The Bertz CT molecular complexity index is 547. The summed E-state index contributed by atoms with van der Waals surface area (Å²) < 4.78 is 11.1. The van der Waals surface area contributed by atoms with Crippen LogP contribution in [0.3, 0.4) is 0 Å². The average Bonchev–Trinajstić information content (AvgIpc) is 2.76. The Morgan fingerprint density at radius 1 is 1.48 bits per heavy atom. The first-order chi connectivity index (χ1) is 9.82. The van der Waals surface area contributed by atoms with Gasteiger partial charge in [-0.1, -0.05) is 12.2 Å². The number of rotatable bonds is 1. The molecule has 1 aliphatic heterocycles. The maximum atomic E-state index is 11.8. The summed E-state index contributed by atoms with van der Waals surface area (Å²) in [5.74, 6) is 0.0959. The second kappa shape index (κ2) is 4.72. The standard InChI is InChI=1S/C17H22O4/c1-9-7-15-13(10(2)16(19)20-15)8-14-12(9)5-6-17(14,4)21-11(3)18/h7,12-15H,2,5-6,8H2,1,3-4H3/t12-,13+,14+,15+,17-/m0/s1. The molecule has 2 fully saturated rings. The fraction of sp³-hybridized carbons (Fsp3) is 0.647. The molecule has 1 heterocycles. The van der Waals surface area contributed by atoms with Gasteiger partial charge in [-0.3, -0.25) is 4.79 Å². The van der Waals surface area contributed by atoms with Gasteiger partial charge in [-0.25, -0.2) is 4.79 Å². The number of carbonyl (C=O) groups is 2. The minimum atomic E-state index is -0.452. The van der Waals surface area contributed by atoms with E-state index in [1.54, 1.807) is 0 Å². The molecule has 1 saturated carbocycles. The smallest absolute Gasteiger partial charge is 0.334 e. The summed E-state index contributed by atoms with van der Waals surface area (Å²) in [6, 6.07) is 0. The molecule has 0 bridgehead atoms. The molecule has 0 aromatic heterocycles. The molecule has 0 aromatic carbocycles. The summed E-state index contributed by atoms with van der Waals surface area (Å²) in [5, 5.41) is 0. The summed E-state index contributed by atoms with van der Waals surface area (Å²) in [6.07, 6.45) is 4.54. The number of fused-ring (bicyclic) bond motifs is 2. The fourth-order valence-electron chi connectivity index (χ4n) is 4.38. The highest BCUT2D eigenvalue weighted by atomic mass is 16.6. The zero-order chi connectivity index (χ0) is 15.4. The Kier molecular flexibility index (Phi) is 3.23. The summed E-state index contributed by atoms with van der Waals surface area (Å²) >= 11 is 0. The number of carbonyl (C=O) groups excluding carboxylic acids is 2. The Morgan fingerprint density at radius 3 is 2.86 bits per heavy atom. The van der Waals surface area contributed by atoms with E-state index in [0.29, 0.717) is 11.5 Å². The molecular formula is C17H22O4. The molecule has 0 spiro atoms. The van der Waals surface area contributed by atoms with Gasteiger partial charge in [-0.05, 0) is 45.1 Å². The van der Waals surface area contributed by atoms with Gasteiger partial charge in [0, 0.05) is 24.3 Å². The Labute approximate surface area is 125 Å². The quantitative estimate of drug-likeness (QED) is 0.423. The molecule has 0 unspecified atom stereocenters. The van der Waals surface area contributed by atoms with Crippen LogP contribution in [0.4, 0.5) is 0 Å². The first kappa shape index (κ1) is 14.4. The number of hydrogen-bond donors (Lipinski definition) is 0. The van der Waals surface area contributed by atoms with E-state index in [2.05, 4.69) is 19.6 Å². The predicted molar refractivity (Wildman–Crippen MR) is 77.3 cm³/mol. The SMILES string of the molecule is C=C1C(=O)O[C@@H]2C=C(C)[C@@H]3CC[C@](C)(OC(C)=O)[C@@H]3C[C@H]12. The molecule has 0 radical (unpaired) electrons. The second-order valence-corrected chi connectivity index (χ2v) is 6.81. The summed E-state index contributed by atoms with van der Waals surface area (Å²) in [4.78, 5) is 23.2. The van der Waals surface area contributed by atoms with Crippen molar-refractivity contribution in [2.45, 2.75) is 51.7 Å². The molecule has 4 nitrogen and oxygen atoms in total. The second-order valence-electron chi connectivity index (χ2n) is 6.81. The van der Waals surface area contributed by atoms with Crippen molar-refractivity contribution in [2.75, 3.05) is 0 Å². The van der Waals surface area contributed by atoms with E-state index in [9.17, 15) is 9.59 Å². The van der Waals surface area contributed by atoms with Gasteiger partial charge in [0.25, 0.3) is 0 Å². The van der Waals surface area contributed by atoms with Gasteiger partial charge < -0.3 is 9.47 Å². The fourth-order valence-corrected chi connectivity index (χ4v) is 4.38. The van der Waals surface area contributed by atoms with Crippen molar-refractivity contribution in [1.29, 1.82) is 0 Å². The summed E-state index contributed by atoms with van der Waals surface area (Å²) in [7, 11) is 0. The third kappa shape index (κ3) is 2.21. The van der Waals surface area contributed by atoms with E-state index in [1.165, 1.54) is 12.5 Å². The topological polar surface area (TPSA) is 52.6 Å². The van der Waals surface area contributed by atoms with E-state index < -0.39 is 5.60 Å². The number of esters is 2. The third-order valence-electron chi connectivity index (χ3n) is 5.47. The molecule has 0 aromatic rings. The van der Waals surface area contributed by atoms with Crippen molar-refractivity contribution >= 4 is 11.9 Å². The van der Waals surface area contributed by atoms with Crippen molar-refractivity contribution < 1.29 is 19.1 Å². The van der Waals surface area contributed by atoms with Gasteiger partial charge in [-0.2, -0.15) is 0 Å². The normalized spacial score (nSPS) is 41.8. The van der Waals surface area contributed by atoms with Crippen LogP contribution < -0.4 is 0 Å². The molecule has 2 aliphatic carbocycles. The zero-order valence-corrected chi connectivity index (χ0v) is 12.8. The number of allylic oxidation sites excluding steroid dienone is 1. The van der Waals surface area contributed by atoms with Crippen LogP contribution in [0.25, 0.3) is 0 Å². The van der Waals surface area contributed by atoms with Crippen molar-refractivity contribution in [3.05, 3.63) is 23.8 Å². The first-order valence-electron chi connectivity index (χ1n) is 7.59. The van der Waals surface area contributed by atoms with E-state index in [4.69, 9.17) is 9.47 Å². The Hall–Kier alpha value is -1.58. The highest BCUT2D eigenvalue weighted by Crippen LogP contribution is 2.52. The zero-order valence-electron chi connectivity index (χ0n) is 12.8. The van der Waals surface area contributed by atoms with Gasteiger partial charge in [0.1, 0.15) is 11.7 Å². The maximum Gasteiger partial charge on any atom is 0.334 e. The van der Waals surface area contributed by atoms with Crippen LogP contribution in [-0.2, 0) is 19.1 Å². The minimum absolute atomic E-state index is 0.00966. The van der Waals surface area contributed by atoms with Crippen LogP contribution in [0.5, 0.6) is 0 Å². The highest BCUT2D eigenvalue weighted by Gasteiger charge is 2.53. The van der Waals surface area contributed by atoms with Crippen molar-refractivity contribution in [3.63, 3.8) is 0 Å². The average molecular weight is 290 g/mol. The van der Waals surface area contributed by atoms with Crippen molar-refractivity contribution in [3.8, 4) is 0 Å².